The number of carboxylic acid groups (broad SMARTS) is 1. The van der Waals surface area contributed by atoms with Crippen molar-refractivity contribution in [3.63, 3.8) is 0 Å². The predicted octanol–water partition coefficient (Wildman–Crippen LogP) is 4.64. The summed E-state index contributed by atoms with van der Waals surface area (Å²) in [6.45, 7) is 3.77. The van der Waals surface area contributed by atoms with Gasteiger partial charge in [0.15, 0.2) is 6.10 Å². The molecular weight excluding hydrogens is 484 g/mol. The lowest BCUT2D eigenvalue weighted by Crippen LogP contribution is -2.48. The van der Waals surface area contributed by atoms with Gasteiger partial charge in [0.1, 0.15) is 6.61 Å². The van der Waals surface area contributed by atoms with Gasteiger partial charge in [-0.05, 0) is 28.2 Å². The summed E-state index contributed by atoms with van der Waals surface area (Å²) in [4.78, 5) is 38.5. The van der Waals surface area contributed by atoms with Crippen LogP contribution in [0.25, 0.3) is 11.1 Å². The van der Waals surface area contributed by atoms with E-state index in [1.54, 1.807) is 24.3 Å². The molecule has 0 radical (unpaired) electrons. The van der Waals surface area contributed by atoms with Gasteiger partial charge in [-0.2, -0.15) is 0 Å². The molecule has 38 heavy (non-hydrogen) atoms. The number of hydrogen-bond acceptors (Lipinski definition) is 5. The largest absolute Gasteiger partial charge is 0.481 e. The number of rotatable bonds is 12. The fourth-order valence-corrected chi connectivity index (χ4v) is 3.99. The molecule has 0 heterocycles. The van der Waals surface area contributed by atoms with Crippen molar-refractivity contribution in [2.24, 2.45) is 5.92 Å². The number of urea groups is 1. The van der Waals surface area contributed by atoms with Crippen molar-refractivity contribution in [3.05, 3.63) is 96.1 Å². The van der Waals surface area contributed by atoms with Gasteiger partial charge in [0.2, 0.25) is 0 Å². The Hall–Kier alpha value is -4.17. The molecule has 3 rings (SSSR count). The van der Waals surface area contributed by atoms with Crippen molar-refractivity contribution in [1.82, 2.24) is 10.2 Å². The Morgan fingerprint density at radius 2 is 1.42 bits per heavy atom. The number of carbonyl (C=O) groups is 3. The highest BCUT2D eigenvalue weighted by atomic mass is 16.5. The van der Waals surface area contributed by atoms with Gasteiger partial charge in [-0.15, -0.1) is 0 Å². The number of esters is 1. The van der Waals surface area contributed by atoms with E-state index in [4.69, 9.17) is 4.74 Å². The van der Waals surface area contributed by atoms with Gasteiger partial charge in [-0.25, -0.2) is 9.59 Å². The zero-order chi connectivity index (χ0) is 27.5. The first-order chi connectivity index (χ1) is 18.2. The van der Waals surface area contributed by atoms with Crippen molar-refractivity contribution in [3.8, 4) is 11.1 Å². The van der Waals surface area contributed by atoms with Gasteiger partial charge in [-0.3, -0.25) is 4.79 Å². The molecule has 200 valence electrons. The van der Waals surface area contributed by atoms with Crippen molar-refractivity contribution in [2.75, 3.05) is 13.1 Å². The van der Waals surface area contributed by atoms with E-state index in [-0.39, 0.29) is 32.0 Å². The van der Waals surface area contributed by atoms with Crippen LogP contribution in [0.4, 0.5) is 4.79 Å². The second-order valence-electron chi connectivity index (χ2n) is 9.50. The Labute approximate surface area is 222 Å². The summed E-state index contributed by atoms with van der Waals surface area (Å²) in [5.74, 6) is -1.87. The lowest BCUT2D eigenvalue weighted by Gasteiger charge is -2.29. The van der Waals surface area contributed by atoms with E-state index in [0.717, 1.165) is 16.7 Å². The third-order valence-corrected chi connectivity index (χ3v) is 5.86. The minimum atomic E-state index is -1.55. The highest BCUT2D eigenvalue weighted by Gasteiger charge is 2.27. The third-order valence-electron chi connectivity index (χ3n) is 5.86. The van der Waals surface area contributed by atoms with Crippen LogP contribution in [0, 0.1) is 5.92 Å². The highest BCUT2D eigenvalue weighted by molar-refractivity contribution is 5.79. The lowest BCUT2D eigenvalue weighted by molar-refractivity contribution is -0.155. The molecule has 0 saturated heterocycles. The minimum Gasteiger partial charge on any atom is -0.481 e. The Bertz CT molecular complexity index is 1180. The number of hydrogen-bond donors (Lipinski definition) is 3. The second-order valence-corrected chi connectivity index (χ2v) is 9.50. The highest BCUT2D eigenvalue weighted by Crippen LogP contribution is 2.24. The molecule has 2 atom stereocenters. The molecule has 0 saturated carbocycles. The molecule has 0 spiro atoms. The van der Waals surface area contributed by atoms with Crippen LogP contribution in [0.1, 0.15) is 37.4 Å². The zero-order valence-corrected chi connectivity index (χ0v) is 21.6. The van der Waals surface area contributed by atoms with Crippen LogP contribution in [0.5, 0.6) is 0 Å². The van der Waals surface area contributed by atoms with E-state index in [1.165, 1.54) is 4.90 Å². The molecule has 3 N–H and O–H groups in total. The van der Waals surface area contributed by atoms with Crippen molar-refractivity contribution in [1.29, 1.82) is 0 Å². The standard InChI is InChI=1S/C30H34N2O6/c1-21(2)18-32(19-27(33)29(36)38-20-22-9-5-3-6-10-22)30(37)31-26(17-28(34)35)25-15-13-24(14-16-25)23-11-7-4-8-12-23/h3-16,21,26-27,33H,17-20H2,1-2H3,(H,31,37)(H,34,35). The Kier molecular flexibility index (Phi) is 10.4. The minimum absolute atomic E-state index is 0.00672. The van der Waals surface area contributed by atoms with E-state index in [9.17, 15) is 24.6 Å². The van der Waals surface area contributed by atoms with Gasteiger partial charge in [-0.1, -0.05) is 98.8 Å². The molecule has 2 amide bonds. The van der Waals surface area contributed by atoms with Gasteiger partial charge in [0, 0.05) is 6.54 Å². The molecule has 0 aliphatic rings. The molecule has 3 aromatic carbocycles. The number of carbonyl (C=O) groups excluding carboxylic acids is 2. The summed E-state index contributed by atoms with van der Waals surface area (Å²) in [6.07, 6.45) is -1.88. The molecule has 0 aromatic heterocycles. The molecule has 0 fully saturated rings. The fraction of sp³-hybridized carbons (Fsp3) is 0.300. The molecule has 0 bridgehead atoms. The normalized spacial score (nSPS) is 12.4. The number of nitrogens with one attached hydrogen (secondary N) is 1. The van der Waals surface area contributed by atoms with E-state index in [1.807, 2.05) is 74.5 Å². The van der Waals surface area contributed by atoms with Crippen LogP contribution in [0.3, 0.4) is 0 Å². The molecule has 0 aliphatic heterocycles. The zero-order valence-electron chi connectivity index (χ0n) is 21.6. The smallest absolute Gasteiger partial charge is 0.337 e. The maximum Gasteiger partial charge on any atom is 0.337 e. The van der Waals surface area contributed by atoms with E-state index in [0.29, 0.717) is 5.56 Å². The summed E-state index contributed by atoms with van der Waals surface area (Å²) in [5, 5.41) is 22.7. The molecule has 2 unspecified atom stereocenters. The first-order valence-corrected chi connectivity index (χ1v) is 12.5. The average Bonchev–Trinajstić information content (AvgIpc) is 2.91. The average molecular weight is 519 g/mol. The SMILES string of the molecule is CC(C)CN(CC(O)C(=O)OCc1ccccc1)C(=O)NC(CC(=O)O)c1ccc(-c2ccccc2)cc1. The molecule has 8 heteroatoms. The lowest BCUT2D eigenvalue weighted by atomic mass is 9.99. The van der Waals surface area contributed by atoms with Gasteiger partial charge in [0.25, 0.3) is 0 Å². The third kappa shape index (κ3) is 8.74. The maximum atomic E-state index is 13.2. The Balaban J connectivity index is 1.69. The van der Waals surface area contributed by atoms with Crippen molar-refractivity contribution in [2.45, 2.75) is 39.0 Å². The molecular formula is C30H34N2O6. The summed E-state index contributed by atoms with van der Waals surface area (Å²) in [6, 6.07) is 24.8. The molecule has 8 nitrogen and oxygen atoms in total. The van der Waals surface area contributed by atoms with Crippen LogP contribution in [-0.4, -0.2) is 52.3 Å². The Morgan fingerprint density at radius 1 is 0.842 bits per heavy atom. The van der Waals surface area contributed by atoms with E-state index < -0.39 is 30.1 Å². The number of aliphatic hydroxyl groups excluding tert-OH is 1. The predicted molar refractivity (Wildman–Crippen MR) is 144 cm³/mol. The number of aliphatic carboxylic acids is 1. The summed E-state index contributed by atoms with van der Waals surface area (Å²) < 4.78 is 5.20. The number of ether oxygens (including phenoxy) is 1. The van der Waals surface area contributed by atoms with Crippen molar-refractivity contribution >= 4 is 18.0 Å². The number of amides is 2. The van der Waals surface area contributed by atoms with Crippen LogP contribution in [-0.2, 0) is 20.9 Å². The van der Waals surface area contributed by atoms with Crippen molar-refractivity contribution < 1.29 is 29.3 Å². The topological polar surface area (TPSA) is 116 Å². The number of aliphatic hydroxyl groups is 1. The van der Waals surface area contributed by atoms with Crippen LogP contribution in [0.15, 0.2) is 84.9 Å². The first-order valence-electron chi connectivity index (χ1n) is 12.5. The van der Waals surface area contributed by atoms with E-state index >= 15 is 0 Å². The Morgan fingerprint density at radius 3 is 2.00 bits per heavy atom. The molecule has 3 aromatic rings. The molecule has 0 aliphatic carbocycles. The number of nitrogens with zero attached hydrogens (tertiary/aromatic N) is 1. The number of carboxylic acids is 1. The fourth-order valence-electron chi connectivity index (χ4n) is 3.99. The summed E-state index contributed by atoms with van der Waals surface area (Å²) in [5.41, 5.74) is 3.40. The monoisotopic (exact) mass is 518 g/mol. The van der Waals surface area contributed by atoms with Crippen LogP contribution in [0.2, 0.25) is 0 Å². The van der Waals surface area contributed by atoms with Crippen LogP contribution < -0.4 is 5.32 Å². The summed E-state index contributed by atoms with van der Waals surface area (Å²) >= 11 is 0. The second kappa shape index (κ2) is 13.9. The van der Waals surface area contributed by atoms with E-state index in [2.05, 4.69) is 5.32 Å². The maximum absolute atomic E-state index is 13.2. The first kappa shape index (κ1) is 28.4. The van der Waals surface area contributed by atoms with Gasteiger partial charge < -0.3 is 25.2 Å². The van der Waals surface area contributed by atoms with Crippen LogP contribution >= 0.6 is 0 Å². The van der Waals surface area contributed by atoms with Gasteiger partial charge >= 0.3 is 18.0 Å². The quantitative estimate of drug-likeness (QED) is 0.301. The van der Waals surface area contributed by atoms with Gasteiger partial charge in [0.05, 0.1) is 19.0 Å². The number of benzene rings is 3. The summed E-state index contributed by atoms with van der Waals surface area (Å²) in [7, 11) is 0.